The molecule has 0 bridgehead atoms. The molecule has 7 heteroatoms. The van der Waals surface area contributed by atoms with Crippen LogP contribution in [0.4, 0.5) is 0 Å². The molecule has 0 radical (unpaired) electrons. The van der Waals surface area contributed by atoms with Crippen molar-refractivity contribution in [3.8, 4) is 5.75 Å². The van der Waals surface area contributed by atoms with Crippen LogP contribution in [0.25, 0.3) is 0 Å². The molecule has 0 fully saturated rings. The molecular weight excluding hydrogens is 346 g/mol. The molecule has 1 atom stereocenters. The first-order chi connectivity index (χ1) is 11.0. The summed E-state index contributed by atoms with van der Waals surface area (Å²) in [5, 5.41) is 5.62. The number of carbonyl (C=O) groups excluding carboxylic acids is 1. The first-order valence-electron chi connectivity index (χ1n) is 7.71. The van der Waals surface area contributed by atoms with Crippen molar-refractivity contribution in [2.45, 2.75) is 39.3 Å². The second-order valence-corrected chi connectivity index (χ2v) is 6.54. The van der Waals surface area contributed by atoms with Crippen molar-refractivity contribution < 1.29 is 9.53 Å². The molecule has 0 aliphatic rings. The summed E-state index contributed by atoms with van der Waals surface area (Å²) >= 11 is 1.46. The number of aromatic nitrogens is 1. The Morgan fingerprint density at radius 3 is 2.79 bits per heavy atom. The average molecular weight is 370 g/mol. The fourth-order valence-electron chi connectivity index (χ4n) is 2.14. The van der Waals surface area contributed by atoms with Crippen LogP contribution in [0.2, 0.25) is 0 Å². The molecule has 5 nitrogen and oxygen atoms in total. The molecule has 1 amide bonds. The molecule has 2 aromatic rings. The number of nitrogens with two attached hydrogens (primary N) is 1. The van der Waals surface area contributed by atoms with Gasteiger partial charge in [0.2, 0.25) is 0 Å². The van der Waals surface area contributed by atoms with Crippen molar-refractivity contribution in [1.29, 1.82) is 0 Å². The van der Waals surface area contributed by atoms with Gasteiger partial charge in [0.1, 0.15) is 11.4 Å². The lowest BCUT2D eigenvalue weighted by molar-refractivity contribution is 0.0935. The molecule has 0 spiro atoms. The Balaban J connectivity index is 0.00000288. The number of rotatable bonds is 7. The van der Waals surface area contributed by atoms with Crippen LogP contribution in [0.5, 0.6) is 5.75 Å². The first-order valence-corrected chi connectivity index (χ1v) is 8.59. The molecule has 2 rings (SSSR count). The second-order valence-electron chi connectivity index (χ2n) is 5.60. The van der Waals surface area contributed by atoms with Gasteiger partial charge in [0.25, 0.3) is 5.91 Å². The van der Waals surface area contributed by atoms with Gasteiger partial charge < -0.3 is 15.8 Å². The third-order valence-electron chi connectivity index (χ3n) is 3.22. The van der Waals surface area contributed by atoms with Gasteiger partial charge in [-0.1, -0.05) is 12.1 Å². The number of hydrogen-bond donors (Lipinski definition) is 2. The van der Waals surface area contributed by atoms with Crippen LogP contribution in [-0.4, -0.2) is 23.5 Å². The van der Waals surface area contributed by atoms with E-state index >= 15 is 0 Å². The van der Waals surface area contributed by atoms with Gasteiger partial charge in [0.05, 0.1) is 17.2 Å². The normalized spacial score (nSPS) is 11.7. The molecule has 0 saturated carbocycles. The van der Waals surface area contributed by atoms with Crippen molar-refractivity contribution in [2.24, 2.45) is 5.73 Å². The maximum atomic E-state index is 12.3. The lowest BCUT2D eigenvalue weighted by Gasteiger charge is -2.16. The molecule has 1 aromatic heterocycles. The number of amides is 1. The zero-order valence-corrected chi connectivity index (χ0v) is 15.7. The highest BCUT2D eigenvalue weighted by Gasteiger charge is 2.15. The Hall–Kier alpha value is -1.63. The molecule has 1 heterocycles. The Morgan fingerprint density at radius 2 is 2.12 bits per heavy atom. The Morgan fingerprint density at radius 1 is 1.38 bits per heavy atom. The van der Waals surface area contributed by atoms with Gasteiger partial charge in [-0.25, -0.2) is 4.98 Å². The second kappa shape index (κ2) is 9.61. The van der Waals surface area contributed by atoms with E-state index in [-0.39, 0.29) is 30.5 Å². The van der Waals surface area contributed by atoms with Gasteiger partial charge in [0.15, 0.2) is 0 Å². The fourth-order valence-corrected chi connectivity index (χ4v) is 2.93. The van der Waals surface area contributed by atoms with E-state index in [2.05, 4.69) is 10.3 Å². The predicted molar refractivity (Wildman–Crippen MR) is 100 cm³/mol. The minimum absolute atomic E-state index is 0. The summed E-state index contributed by atoms with van der Waals surface area (Å²) in [5.74, 6) is 0.629. The van der Waals surface area contributed by atoms with Crippen LogP contribution in [0.1, 0.15) is 47.9 Å². The van der Waals surface area contributed by atoms with Gasteiger partial charge in [-0.15, -0.1) is 23.7 Å². The van der Waals surface area contributed by atoms with E-state index in [1.54, 1.807) is 5.38 Å². The number of nitrogens with zero attached hydrogens (tertiary/aromatic N) is 1. The van der Waals surface area contributed by atoms with Crippen molar-refractivity contribution in [1.82, 2.24) is 10.3 Å². The summed E-state index contributed by atoms with van der Waals surface area (Å²) in [6, 6.07) is 7.64. The topological polar surface area (TPSA) is 77.2 Å². The molecule has 24 heavy (non-hydrogen) atoms. The standard InChI is InChI=1S/C17H23N3O2S.ClH/c1-11(2)22-14-6-4-5-13(9-14)12(3)19-17(21)15-10-23-16(20-15)7-8-18;/h4-6,9-12H,7-8,18H2,1-3H3,(H,19,21);1H. The highest BCUT2D eigenvalue weighted by atomic mass is 35.5. The maximum Gasteiger partial charge on any atom is 0.271 e. The fraction of sp³-hybridized carbons (Fsp3) is 0.412. The van der Waals surface area contributed by atoms with Crippen LogP contribution in [0.3, 0.4) is 0 Å². The summed E-state index contributed by atoms with van der Waals surface area (Å²) < 4.78 is 5.69. The average Bonchev–Trinajstić information content (AvgIpc) is 2.96. The van der Waals surface area contributed by atoms with Crippen LogP contribution < -0.4 is 15.8 Å². The quantitative estimate of drug-likeness (QED) is 0.784. The Labute approximate surface area is 153 Å². The van der Waals surface area contributed by atoms with Crippen LogP contribution in [0.15, 0.2) is 29.6 Å². The van der Waals surface area contributed by atoms with E-state index < -0.39 is 0 Å². The number of ether oxygens (including phenoxy) is 1. The molecule has 1 unspecified atom stereocenters. The van der Waals surface area contributed by atoms with E-state index in [4.69, 9.17) is 10.5 Å². The monoisotopic (exact) mass is 369 g/mol. The van der Waals surface area contributed by atoms with E-state index in [1.165, 1.54) is 11.3 Å². The smallest absolute Gasteiger partial charge is 0.271 e. The zero-order chi connectivity index (χ0) is 16.8. The lowest BCUT2D eigenvalue weighted by atomic mass is 10.1. The number of carbonyl (C=O) groups is 1. The number of halogens is 1. The minimum atomic E-state index is -0.174. The van der Waals surface area contributed by atoms with Crippen molar-refractivity contribution >= 4 is 29.7 Å². The number of nitrogens with one attached hydrogen (secondary N) is 1. The third kappa shape index (κ3) is 5.78. The third-order valence-corrected chi connectivity index (χ3v) is 4.13. The molecule has 0 saturated heterocycles. The van der Waals surface area contributed by atoms with Gasteiger partial charge in [-0.2, -0.15) is 0 Å². The summed E-state index contributed by atoms with van der Waals surface area (Å²) in [7, 11) is 0. The molecule has 1 aromatic carbocycles. The molecule has 3 N–H and O–H groups in total. The first kappa shape index (κ1) is 20.4. The number of hydrogen-bond acceptors (Lipinski definition) is 5. The van der Waals surface area contributed by atoms with Crippen molar-refractivity contribution in [3.63, 3.8) is 0 Å². The summed E-state index contributed by atoms with van der Waals surface area (Å²) in [4.78, 5) is 16.6. The van der Waals surface area contributed by atoms with E-state index in [9.17, 15) is 4.79 Å². The molecular formula is C17H24ClN3O2S. The van der Waals surface area contributed by atoms with E-state index in [0.29, 0.717) is 18.7 Å². The van der Waals surface area contributed by atoms with Crippen LogP contribution in [0, 0.1) is 0 Å². The van der Waals surface area contributed by atoms with Gasteiger partial charge in [0, 0.05) is 11.8 Å². The Kier molecular flexibility index (Phi) is 8.18. The largest absolute Gasteiger partial charge is 0.491 e. The van der Waals surface area contributed by atoms with E-state index in [1.807, 2.05) is 45.0 Å². The number of benzene rings is 1. The Bertz CT molecular complexity index is 661. The SMILES string of the molecule is CC(C)Oc1cccc(C(C)NC(=O)c2csc(CCN)n2)c1.Cl. The molecule has 0 aliphatic carbocycles. The summed E-state index contributed by atoms with van der Waals surface area (Å²) in [5.41, 5.74) is 6.94. The highest BCUT2D eigenvalue weighted by molar-refractivity contribution is 7.09. The summed E-state index contributed by atoms with van der Waals surface area (Å²) in [6.07, 6.45) is 0.813. The van der Waals surface area contributed by atoms with Crippen molar-refractivity contribution in [2.75, 3.05) is 6.54 Å². The summed E-state index contributed by atoms with van der Waals surface area (Å²) in [6.45, 7) is 6.45. The number of thiazole rings is 1. The van der Waals surface area contributed by atoms with E-state index in [0.717, 1.165) is 16.3 Å². The predicted octanol–water partition coefficient (Wildman–Crippen LogP) is 3.34. The zero-order valence-electron chi connectivity index (χ0n) is 14.1. The molecule has 132 valence electrons. The minimum Gasteiger partial charge on any atom is -0.491 e. The highest BCUT2D eigenvalue weighted by Crippen LogP contribution is 2.20. The molecule has 0 aliphatic heterocycles. The van der Waals surface area contributed by atoms with Gasteiger partial charge in [-0.3, -0.25) is 4.79 Å². The van der Waals surface area contributed by atoms with Crippen LogP contribution in [-0.2, 0) is 6.42 Å². The van der Waals surface area contributed by atoms with Crippen LogP contribution >= 0.6 is 23.7 Å². The lowest BCUT2D eigenvalue weighted by Crippen LogP contribution is -2.27. The van der Waals surface area contributed by atoms with Crippen molar-refractivity contribution in [3.05, 3.63) is 45.9 Å². The van der Waals surface area contributed by atoms with Gasteiger partial charge >= 0.3 is 0 Å². The van der Waals surface area contributed by atoms with Gasteiger partial charge in [-0.05, 0) is 45.0 Å². The maximum absolute atomic E-state index is 12.3.